The number of nitrogens with zero attached hydrogens (tertiary/aromatic N) is 4. The van der Waals surface area contributed by atoms with Crippen molar-refractivity contribution in [3.63, 3.8) is 0 Å². The first-order chi connectivity index (χ1) is 33.0. The van der Waals surface area contributed by atoms with E-state index in [1.165, 1.54) is 94.7 Å². The van der Waals surface area contributed by atoms with Crippen molar-refractivity contribution in [2.75, 3.05) is 16.3 Å². The van der Waals surface area contributed by atoms with Crippen LogP contribution in [0, 0.1) is 6.92 Å². The van der Waals surface area contributed by atoms with Crippen LogP contribution < -0.4 is 9.80 Å². The third kappa shape index (κ3) is 6.65. The molecule has 3 aliphatic carbocycles. The summed E-state index contributed by atoms with van der Waals surface area (Å²) >= 11 is 0. The number of rotatable bonds is 8. The molecule has 9 aromatic rings. The summed E-state index contributed by atoms with van der Waals surface area (Å²) in [7, 11) is 2.13. The first kappa shape index (κ1) is 40.7. The van der Waals surface area contributed by atoms with Gasteiger partial charge in [0.15, 0.2) is 0 Å². The van der Waals surface area contributed by atoms with Gasteiger partial charge in [0.05, 0.1) is 11.1 Å². The normalized spacial score (nSPS) is 18.6. The Morgan fingerprint density at radius 2 is 1.39 bits per heavy atom. The van der Waals surface area contributed by atoms with Crippen LogP contribution in [0.4, 0.5) is 17.1 Å². The van der Waals surface area contributed by atoms with Crippen molar-refractivity contribution in [1.82, 2.24) is 9.13 Å². The van der Waals surface area contributed by atoms with Crippen molar-refractivity contribution in [3.8, 4) is 5.69 Å². The van der Waals surface area contributed by atoms with E-state index < -0.39 is 0 Å². The highest BCUT2D eigenvalue weighted by atomic mass is 15.3. The zero-order valence-corrected chi connectivity index (χ0v) is 38.5. The van der Waals surface area contributed by atoms with E-state index in [1.807, 2.05) is 0 Å². The van der Waals surface area contributed by atoms with Crippen LogP contribution >= 0.6 is 0 Å². The molecular weight excluding hydrogens is 813 g/mol. The minimum atomic E-state index is 0.0763. The first-order valence-electron chi connectivity index (χ1n) is 23.9. The van der Waals surface area contributed by atoms with E-state index in [1.54, 1.807) is 0 Å². The Morgan fingerprint density at radius 3 is 2.21 bits per heavy atom. The number of aromatic nitrogens is 2. The van der Waals surface area contributed by atoms with Crippen molar-refractivity contribution in [2.24, 2.45) is 7.05 Å². The molecule has 326 valence electrons. The molecule has 1 fully saturated rings. The molecule has 1 aliphatic heterocycles. The van der Waals surface area contributed by atoms with Gasteiger partial charge in [-0.2, -0.15) is 0 Å². The molecule has 4 nitrogen and oxygen atoms in total. The second-order valence-corrected chi connectivity index (χ2v) is 18.6. The predicted octanol–water partition coefficient (Wildman–Crippen LogP) is 15.2. The van der Waals surface area contributed by atoms with E-state index in [4.69, 9.17) is 0 Å². The maximum atomic E-state index is 2.62. The summed E-state index contributed by atoms with van der Waals surface area (Å²) in [4.78, 5) is 5.07. The van der Waals surface area contributed by atoms with Gasteiger partial charge in [-0.15, -0.1) is 0 Å². The minimum Gasteiger partial charge on any atom is -0.361 e. The lowest BCUT2D eigenvalue weighted by atomic mass is 9.89. The lowest BCUT2D eigenvalue weighted by Crippen LogP contribution is -2.36. The Morgan fingerprint density at radius 1 is 0.657 bits per heavy atom. The molecule has 2 aromatic heterocycles. The quantitative estimate of drug-likeness (QED) is 0.151. The SMILES string of the molecule is CCN1c2ccc(N(C3=Cc4c(n(-c5ccccc5)c5ccc(C)cc45)CC=C3)c3ccccc3)cc2C23C=CC=CC12C3.Cn1c2ccccc2c2cc(/C=C/Cc3ccccc3)ccc21. The van der Waals surface area contributed by atoms with E-state index in [0.717, 1.165) is 25.8 Å². The largest absolute Gasteiger partial charge is 0.361 e. The lowest BCUT2D eigenvalue weighted by Gasteiger charge is -2.30. The maximum absolute atomic E-state index is 2.62. The van der Waals surface area contributed by atoms with Crippen LogP contribution in [0.25, 0.3) is 50.5 Å². The molecule has 67 heavy (non-hydrogen) atoms. The fraction of sp³-hybridized carbons (Fsp3) is 0.143. The maximum Gasteiger partial charge on any atom is 0.0733 e. The summed E-state index contributed by atoms with van der Waals surface area (Å²) in [5, 5.41) is 3.94. The van der Waals surface area contributed by atoms with E-state index in [9.17, 15) is 0 Å². The molecular formula is C63H54N4. The average molecular weight is 867 g/mol. The molecule has 4 aliphatic rings. The number of benzene rings is 7. The second-order valence-electron chi connectivity index (χ2n) is 18.6. The van der Waals surface area contributed by atoms with Crippen molar-refractivity contribution in [3.05, 3.63) is 252 Å². The van der Waals surface area contributed by atoms with Gasteiger partial charge in [0, 0.05) is 92.3 Å². The third-order valence-corrected chi connectivity index (χ3v) is 14.8. The molecule has 4 heteroatoms. The summed E-state index contributed by atoms with van der Waals surface area (Å²) in [6.45, 7) is 5.49. The van der Waals surface area contributed by atoms with E-state index >= 15 is 0 Å². The molecule has 7 aromatic carbocycles. The number of hydrogen-bond acceptors (Lipinski definition) is 2. The monoisotopic (exact) mass is 866 g/mol. The Balaban J connectivity index is 0.000000171. The summed E-state index contributed by atoms with van der Waals surface area (Å²) in [5.74, 6) is 0. The van der Waals surface area contributed by atoms with Crippen molar-refractivity contribution >= 4 is 61.9 Å². The number of likely N-dealkylation sites (N-methyl/N-ethyl adjacent to an activating group) is 1. The van der Waals surface area contributed by atoms with Crippen LogP contribution in [0.3, 0.4) is 0 Å². The van der Waals surface area contributed by atoms with Gasteiger partial charge in [-0.3, -0.25) is 0 Å². The summed E-state index contributed by atoms with van der Waals surface area (Å²) in [5.41, 5.74) is 18.1. The van der Waals surface area contributed by atoms with Crippen LogP contribution in [0.2, 0.25) is 0 Å². The van der Waals surface area contributed by atoms with E-state index in [0.29, 0.717) is 0 Å². The standard InChI is InChI=1S/C41H35N3.C22H19N/c1-3-42-39-22-20-33(27-36(39)40-23-10-11-24-41(40,42)28-40)43(30-13-6-4-7-14-30)32-17-12-18-37-35(26-32)34-25-29(2)19-21-38(34)44(37)31-15-8-5-9-16-31;1-23-21-13-6-5-12-19(21)20-16-18(14-15-22(20)23)11-7-10-17-8-3-2-4-9-17/h4-17,19-27H,3,18,28H2,1-2H3;2-9,11-16H,10H2,1H3/b;11-7+. The highest BCUT2D eigenvalue weighted by Gasteiger charge is 2.73. The minimum absolute atomic E-state index is 0.0763. The molecule has 0 spiro atoms. The predicted molar refractivity (Wildman–Crippen MR) is 284 cm³/mol. The van der Waals surface area contributed by atoms with Gasteiger partial charge < -0.3 is 18.9 Å². The average Bonchev–Trinajstić information content (AvgIpc) is 3.88. The fourth-order valence-electron chi connectivity index (χ4n) is 11.6. The van der Waals surface area contributed by atoms with Gasteiger partial charge in [0.1, 0.15) is 0 Å². The summed E-state index contributed by atoms with van der Waals surface area (Å²) < 4.78 is 4.71. The van der Waals surface area contributed by atoms with E-state index in [2.05, 4.69) is 264 Å². The second kappa shape index (κ2) is 16.3. The number of hydrogen-bond donors (Lipinski definition) is 0. The lowest BCUT2D eigenvalue weighted by molar-refractivity contribution is 0.678. The Bertz CT molecular complexity index is 3510. The summed E-state index contributed by atoms with van der Waals surface area (Å²) in [6.07, 6.45) is 23.9. The van der Waals surface area contributed by atoms with Crippen molar-refractivity contribution in [2.45, 2.75) is 44.1 Å². The Kier molecular flexibility index (Phi) is 9.87. The first-order valence-corrected chi connectivity index (χ1v) is 23.9. The van der Waals surface area contributed by atoms with Crippen molar-refractivity contribution < 1.29 is 0 Å². The number of anilines is 3. The van der Waals surface area contributed by atoms with E-state index in [-0.39, 0.29) is 11.0 Å². The zero-order chi connectivity index (χ0) is 45.1. The van der Waals surface area contributed by atoms with Gasteiger partial charge in [0.2, 0.25) is 0 Å². The molecule has 0 N–H and O–H groups in total. The summed E-state index contributed by atoms with van der Waals surface area (Å²) in [6, 6.07) is 61.5. The fourth-order valence-corrected chi connectivity index (χ4v) is 11.6. The molecule has 0 radical (unpaired) electrons. The Hall–Kier alpha value is -7.82. The highest BCUT2D eigenvalue weighted by molar-refractivity contribution is 6.08. The smallest absolute Gasteiger partial charge is 0.0733 e. The molecule has 13 rings (SSSR count). The van der Waals surface area contributed by atoms with Crippen LogP contribution in [-0.4, -0.2) is 21.2 Å². The highest BCUT2D eigenvalue weighted by Crippen LogP contribution is 2.71. The number of fused-ring (bicyclic) bond motifs is 7. The number of aryl methyl sites for hydroxylation is 2. The van der Waals surface area contributed by atoms with Gasteiger partial charge in [-0.05, 0) is 128 Å². The molecule has 0 saturated heterocycles. The van der Waals surface area contributed by atoms with Gasteiger partial charge in [-0.1, -0.05) is 145 Å². The van der Waals surface area contributed by atoms with Crippen LogP contribution in [0.5, 0.6) is 0 Å². The van der Waals surface area contributed by atoms with Gasteiger partial charge in [-0.25, -0.2) is 0 Å². The molecule has 2 atom stereocenters. The van der Waals surface area contributed by atoms with Gasteiger partial charge >= 0.3 is 0 Å². The van der Waals surface area contributed by atoms with Crippen molar-refractivity contribution in [1.29, 1.82) is 0 Å². The Labute approximate surface area is 394 Å². The number of allylic oxidation sites excluding steroid dienone is 5. The van der Waals surface area contributed by atoms with Crippen LogP contribution in [0.15, 0.2) is 218 Å². The molecule has 3 heterocycles. The number of para-hydroxylation sites is 3. The van der Waals surface area contributed by atoms with Crippen LogP contribution in [0.1, 0.15) is 46.9 Å². The topological polar surface area (TPSA) is 16.3 Å². The molecule has 0 bridgehead atoms. The molecule has 0 amide bonds. The molecule has 1 saturated carbocycles. The zero-order valence-electron chi connectivity index (χ0n) is 38.5. The van der Waals surface area contributed by atoms with Crippen LogP contribution in [-0.2, 0) is 25.3 Å². The van der Waals surface area contributed by atoms with Gasteiger partial charge in [0.25, 0.3) is 0 Å². The third-order valence-electron chi connectivity index (χ3n) is 14.8. The molecule has 2 unspecified atom stereocenters.